The molecule has 0 aliphatic heterocycles. The van der Waals surface area contributed by atoms with Gasteiger partial charge in [0.2, 0.25) is 0 Å². The average molecular weight is 292 g/mol. The molecule has 0 fully saturated rings. The molecule has 1 N–H and O–H groups in total. The molecule has 0 saturated carbocycles. The van der Waals surface area contributed by atoms with E-state index < -0.39 is 0 Å². The third kappa shape index (κ3) is 3.45. The van der Waals surface area contributed by atoms with Crippen LogP contribution in [-0.2, 0) is 0 Å². The Kier molecular flexibility index (Phi) is 4.53. The van der Waals surface area contributed by atoms with Gasteiger partial charge in [0.1, 0.15) is 16.6 Å². The highest BCUT2D eigenvalue weighted by Gasteiger charge is 2.13. The zero-order valence-corrected chi connectivity index (χ0v) is 11.9. The summed E-state index contributed by atoms with van der Waals surface area (Å²) in [6.45, 7) is 1.89. The summed E-state index contributed by atoms with van der Waals surface area (Å²) in [5, 5.41) is 3.10. The third-order valence-electron chi connectivity index (χ3n) is 2.82. The molecule has 1 amide bonds. The Morgan fingerprint density at radius 1 is 1.25 bits per heavy atom. The van der Waals surface area contributed by atoms with Crippen LogP contribution in [0.4, 0.5) is 0 Å². The topological polar surface area (TPSA) is 64.1 Å². The van der Waals surface area contributed by atoms with Gasteiger partial charge in [0.25, 0.3) is 5.91 Å². The number of hydrogen-bond acceptors (Lipinski definition) is 4. The van der Waals surface area contributed by atoms with Gasteiger partial charge in [0, 0.05) is 0 Å². The number of benzene rings is 1. The highest BCUT2D eigenvalue weighted by atomic mass is 35.5. The van der Waals surface area contributed by atoms with E-state index in [0.717, 1.165) is 11.3 Å². The Balaban J connectivity index is 2.04. The summed E-state index contributed by atoms with van der Waals surface area (Å²) in [5.41, 5.74) is 1.20. The summed E-state index contributed by atoms with van der Waals surface area (Å²) in [4.78, 5) is 19.7. The van der Waals surface area contributed by atoms with Crippen molar-refractivity contribution in [3.8, 4) is 5.75 Å². The van der Waals surface area contributed by atoms with E-state index in [1.165, 1.54) is 12.4 Å². The van der Waals surface area contributed by atoms with Crippen LogP contribution in [0, 0.1) is 0 Å². The van der Waals surface area contributed by atoms with Crippen LogP contribution in [0.5, 0.6) is 5.75 Å². The van der Waals surface area contributed by atoms with E-state index in [0.29, 0.717) is 0 Å². The molecule has 1 unspecified atom stereocenters. The normalized spacial score (nSPS) is 11.8. The lowest BCUT2D eigenvalue weighted by atomic mass is 10.1. The van der Waals surface area contributed by atoms with Crippen molar-refractivity contribution in [2.24, 2.45) is 0 Å². The molecule has 0 radical (unpaired) electrons. The zero-order valence-electron chi connectivity index (χ0n) is 11.1. The maximum absolute atomic E-state index is 12.0. The molecule has 0 aliphatic carbocycles. The molecule has 6 heteroatoms. The Hall–Kier alpha value is -2.14. The molecular weight excluding hydrogens is 278 g/mol. The number of hydrogen-bond donors (Lipinski definition) is 1. The van der Waals surface area contributed by atoms with Gasteiger partial charge in [-0.1, -0.05) is 23.7 Å². The number of rotatable bonds is 4. The lowest BCUT2D eigenvalue weighted by Gasteiger charge is -2.14. The molecule has 2 rings (SSSR count). The molecule has 0 spiro atoms. The number of halogens is 1. The summed E-state index contributed by atoms with van der Waals surface area (Å²) < 4.78 is 5.09. The standard InChI is InChI=1S/C14H14ClN3O2/c1-9(10-3-5-11(20-2)6-4-10)18-14(19)12-7-17-13(15)8-16-12/h3-9H,1-2H3,(H,18,19). The molecule has 5 nitrogen and oxygen atoms in total. The highest BCUT2D eigenvalue weighted by molar-refractivity contribution is 6.29. The molecule has 1 heterocycles. The van der Waals surface area contributed by atoms with Gasteiger partial charge in [-0.05, 0) is 24.6 Å². The van der Waals surface area contributed by atoms with Crippen LogP contribution in [0.3, 0.4) is 0 Å². The van der Waals surface area contributed by atoms with Gasteiger partial charge in [-0.15, -0.1) is 0 Å². The Morgan fingerprint density at radius 2 is 1.95 bits per heavy atom. The maximum atomic E-state index is 12.0. The highest BCUT2D eigenvalue weighted by Crippen LogP contribution is 2.17. The number of carbonyl (C=O) groups excluding carboxylic acids is 1. The van der Waals surface area contributed by atoms with E-state index in [4.69, 9.17) is 16.3 Å². The second-order valence-electron chi connectivity index (χ2n) is 4.19. The SMILES string of the molecule is COc1ccc(C(C)NC(=O)c2cnc(Cl)cn2)cc1. The van der Waals surface area contributed by atoms with Crippen molar-refractivity contribution in [2.75, 3.05) is 7.11 Å². The first-order valence-electron chi connectivity index (χ1n) is 6.02. The molecule has 20 heavy (non-hydrogen) atoms. The van der Waals surface area contributed by atoms with E-state index >= 15 is 0 Å². The lowest BCUT2D eigenvalue weighted by molar-refractivity contribution is 0.0934. The smallest absolute Gasteiger partial charge is 0.271 e. The van der Waals surface area contributed by atoms with E-state index in [9.17, 15) is 4.79 Å². The number of carbonyl (C=O) groups is 1. The second kappa shape index (κ2) is 6.34. The fourth-order valence-electron chi connectivity index (χ4n) is 1.68. The predicted molar refractivity (Wildman–Crippen MR) is 75.9 cm³/mol. The van der Waals surface area contributed by atoms with E-state index in [1.807, 2.05) is 31.2 Å². The number of nitrogens with zero attached hydrogens (tertiary/aromatic N) is 2. The first-order valence-corrected chi connectivity index (χ1v) is 6.40. The summed E-state index contributed by atoms with van der Waals surface area (Å²) in [6.07, 6.45) is 2.69. The molecule has 1 aromatic carbocycles. The van der Waals surface area contributed by atoms with Crippen LogP contribution in [0.25, 0.3) is 0 Å². The summed E-state index contributed by atoms with van der Waals surface area (Å²) in [7, 11) is 1.61. The molecular formula is C14H14ClN3O2. The molecule has 0 aliphatic rings. The number of nitrogens with one attached hydrogen (secondary N) is 1. The molecule has 2 aromatic rings. The van der Waals surface area contributed by atoms with E-state index in [-0.39, 0.29) is 22.8 Å². The van der Waals surface area contributed by atoms with Crippen LogP contribution in [0.15, 0.2) is 36.7 Å². The van der Waals surface area contributed by atoms with Gasteiger partial charge in [-0.2, -0.15) is 0 Å². The van der Waals surface area contributed by atoms with Crippen molar-refractivity contribution >= 4 is 17.5 Å². The van der Waals surface area contributed by atoms with Crippen molar-refractivity contribution in [3.63, 3.8) is 0 Å². The lowest BCUT2D eigenvalue weighted by Crippen LogP contribution is -2.27. The predicted octanol–water partition coefficient (Wildman–Crippen LogP) is 2.63. The second-order valence-corrected chi connectivity index (χ2v) is 4.58. The quantitative estimate of drug-likeness (QED) is 0.940. The monoisotopic (exact) mass is 291 g/mol. The van der Waals surface area contributed by atoms with E-state index in [1.54, 1.807) is 7.11 Å². The fraction of sp³-hybridized carbons (Fsp3) is 0.214. The van der Waals surface area contributed by atoms with Crippen LogP contribution in [-0.4, -0.2) is 23.0 Å². The minimum Gasteiger partial charge on any atom is -0.497 e. The third-order valence-corrected chi connectivity index (χ3v) is 3.01. The van der Waals surface area contributed by atoms with Crippen molar-refractivity contribution in [1.82, 2.24) is 15.3 Å². The van der Waals surface area contributed by atoms with Crippen LogP contribution >= 0.6 is 11.6 Å². The number of amides is 1. The van der Waals surface area contributed by atoms with Crippen LogP contribution in [0.1, 0.15) is 29.0 Å². The minimum absolute atomic E-state index is 0.147. The first-order chi connectivity index (χ1) is 9.60. The number of ether oxygens (including phenoxy) is 1. The van der Waals surface area contributed by atoms with Gasteiger partial charge in [-0.25, -0.2) is 9.97 Å². The molecule has 0 bridgehead atoms. The van der Waals surface area contributed by atoms with Gasteiger partial charge < -0.3 is 10.1 Å². The minimum atomic E-state index is -0.294. The first kappa shape index (κ1) is 14.3. The zero-order chi connectivity index (χ0) is 14.5. The van der Waals surface area contributed by atoms with Gasteiger partial charge >= 0.3 is 0 Å². The molecule has 104 valence electrons. The molecule has 1 atom stereocenters. The Bertz CT molecular complexity index is 584. The average Bonchev–Trinajstić information content (AvgIpc) is 2.48. The van der Waals surface area contributed by atoms with Crippen LogP contribution < -0.4 is 10.1 Å². The number of methoxy groups -OCH3 is 1. The fourth-order valence-corrected chi connectivity index (χ4v) is 1.77. The van der Waals surface area contributed by atoms with Crippen molar-refractivity contribution < 1.29 is 9.53 Å². The van der Waals surface area contributed by atoms with Crippen molar-refractivity contribution in [2.45, 2.75) is 13.0 Å². The van der Waals surface area contributed by atoms with Gasteiger partial charge in [0.15, 0.2) is 0 Å². The largest absolute Gasteiger partial charge is 0.497 e. The van der Waals surface area contributed by atoms with Crippen LogP contribution in [0.2, 0.25) is 5.15 Å². The van der Waals surface area contributed by atoms with E-state index in [2.05, 4.69) is 15.3 Å². The van der Waals surface area contributed by atoms with Crippen molar-refractivity contribution in [1.29, 1.82) is 0 Å². The van der Waals surface area contributed by atoms with Gasteiger partial charge in [0.05, 0.1) is 25.5 Å². The number of aromatic nitrogens is 2. The summed E-state index contributed by atoms with van der Waals surface area (Å²) in [5.74, 6) is 0.480. The Labute approximate surface area is 122 Å². The summed E-state index contributed by atoms with van der Waals surface area (Å²) in [6, 6.07) is 7.35. The van der Waals surface area contributed by atoms with Gasteiger partial charge in [-0.3, -0.25) is 4.79 Å². The Morgan fingerprint density at radius 3 is 2.50 bits per heavy atom. The van der Waals surface area contributed by atoms with Crippen molar-refractivity contribution in [3.05, 3.63) is 53.1 Å². The molecule has 0 saturated heterocycles. The molecule has 1 aromatic heterocycles. The summed E-state index contributed by atoms with van der Waals surface area (Å²) >= 11 is 5.63. The maximum Gasteiger partial charge on any atom is 0.271 e.